The summed E-state index contributed by atoms with van der Waals surface area (Å²) in [6, 6.07) is 21.7. The maximum Gasteiger partial charge on any atom is 0.257 e. The Kier molecular flexibility index (Phi) is 5.13. The van der Waals surface area contributed by atoms with Crippen molar-refractivity contribution in [1.82, 2.24) is 0 Å². The minimum Gasteiger partial charge on any atom is -0.321 e. The number of nitrogens with one attached hydrogen (secondary N) is 2. The molecule has 130 valence electrons. The van der Waals surface area contributed by atoms with Gasteiger partial charge < -0.3 is 10.6 Å². The zero-order valence-corrected chi connectivity index (χ0v) is 14.7. The van der Waals surface area contributed by atoms with Gasteiger partial charge in [-0.3, -0.25) is 9.59 Å². The van der Waals surface area contributed by atoms with Crippen LogP contribution in [0, 0.1) is 13.8 Å². The lowest BCUT2D eigenvalue weighted by Crippen LogP contribution is -2.19. The lowest BCUT2D eigenvalue weighted by Gasteiger charge is -2.14. The van der Waals surface area contributed by atoms with Crippen LogP contribution < -0.4 is 10.6 Å². The molecule has 2 amide bonds. The number of amides is 2. The van der Waals surface area contributed by atoms with Gasteiger partial charge in [0, 0.05) is 11.3 Å². The van der Waals surface area contributed by atoms with Gasteiger partial charge in [-0.05, 0) is 49.2 Å². The fourth-order valence-corrected chi connectivity index (χ4v) is 2.77. The standard InChI is InChI=1S/C22H20N2O2/c1-15-9-8-10-16(2)20(15)24-22(26)18-13-6-7-14-19(18)23-21(25)17-11-4-3-5-12-17/h3-14H,1-2H3,(H,23,25)(H,24,26). The summed E-state index contributed by atoms with van der Waals surface area (Å²) in [6.45, 7) is 3.90. The van der Waals surface area contributed by atoms with Crippen LogP contribution in [0.2, 0.25) is 0 Å². The van der Waals surface area contributed by atoms with Gasteiger partial charge >= 0.3 is 0 Å². The molecule has 0 fully saturated rings. The smallest absolute Gasteiger partial charge is 0.257 e. The first-order valence-corrected chi connectivity index (χ1v) is 8.39. The summed E-state index contributed by atoms with van der Waals surface area (Å²) in [5.41, 5.74) is 4.21. The number of carbonyl (C=O) groups excluding carboxylic acids is 2. The van der Waals surface area contributed by atoms with Gasteiger partial charge in [0.1, 0.15) is 0 Å². The number of carbonyl (C=O) groups is 2. The first-order valence-electron chi connectivity index (χ1n) is 8.39. The molecule has 0 aromatic heterocycles. The Hall–Kier alpha value is -3.40. The predicted molar refractivity (Wildman–Crippen MR) is 105 cm³/mol. The van der Waals surface area contributed by atoms with Crippen molar-refractivity contribution in [3.63, 3.8) is 0 Å². The zero-order valence-electron chi connectivity index (χ0n) is 14.7. The van der Waals surface area contributed by atoms with Crippen LogP contribution in [0.15, 0.2) is 72.8 Å². The van der Waals surface area contributed by atoms with E-state index in [4.69, 9.17) is 0 Å². The molecule has 4 heteroatoms. The van der Waals surface area contributed by atoms with Crippen molar-refractivity contribution in [2.75, 3.05) is 10.6 Å². The van der Waals surface area contributed by atoms with Gasteiger partial charge in [0.05, 0.1) is 11.3 Å². The molecule has 4 nitrogen and oxygen atoms in total. The van der Waals surface area contributed by atoms with Crippen molar-refractivity contribution in [1.29, 1.82) is 0 Å². The molecule has 2 N–H and O–H groups in total. The van der Waals surface area contributed by atoms with Gasteiger partial charge in [-0.2, -0.15) is 0 Å². The first kappa shape index (κ1) is 17.4. The molecule has 0 aliphatic heterocycles. The van der Waals surface area contributed by atoms with E-state index in [9.17, 15) is 9.59 Å². The molecule has 0 bridgehead atoms. The molecule has 0 unspecified atom stereocenters. The maximum absolute atomic E-state index is 12.8. The van der Waals surface area contributed by atoms with Crippen molar-refractivity contribution < 1.29 is 9.59 Å². The number of para-hydroxylation sites is 2. The highest BCUT2D eigenvalue weighted by molar-refractivity contribution is 6.12. The van der Waals surface area contributed by atoms with E-state index in [-0.39, 0.29) is 11.8 Å². The first-order chi connectivity index (χ1) is 12.6. The van der Waals surface area contributed by atoms with E-state index in [1.54, 1.807) is 48.5 Å². The Morgan fingerprint density at radius 3 is 1.96 bits per heavy atom. The molecule has 0 atom stereocenters. The number of hydrogen-bond acceptors (Lipinski definition) is 2. The molecule has 0 aliphatic carbocycles. The van der Waals surface area contributed by atoms with E-state index in [1.165, 1.54) is 0 Å². The third-order valence-electron chi connectivity index (χ3n) is 4.18. The summed E-state index contributed by atoms with van der Waals surface area (Å²) < 4.78 is 0. The molecular formula is C22H20N2O2. The van der Waals surface area contributed by atoms with Gasteiger partial charge in [-0.15, -0.1) is 0 Å². The Balaban J connectivity index is 1.85. The fraction of sp³-hybridized carbons (Fsp3) is 0.0909. The second-order valence-electron chi connectivity index (χ2n) is 6.09. The Morgan fingerprint density at radius 2 is 1.27 bits per heavy atom. The predicted octanol–water partition coefficient (Wildman–Crippen LogP) is 4.81. The molecule has 3 aromatic carbocycles. The summed E-state index contributed by atoms with van der Waals surface area (Å²) in [6.07, 6.45) is 0. The number of rotatable bonds is 4. The van der Waals surface area contributed by atoms with Gasteiger partial charge in [0.25, 0.3) is 11.8 Å². The van der Waals surface area contributed by atoms with Gasteiger partial charge in [-0.1, -0.05) is 48.5 Å². The fourth-order valence-electron chi connectivity index (χ4n) is 2.77. The van der Waals surface area contributed by atoms with Gasteiger partial charge in [0.2, 0.25) is 0 Å². The van der Waals surface area contributed by atoms with Gasteiger partial charge in [0.15, 0.2) is 0 Å². The van der Waals surface area contributed by atoms with Crippen LogP contribution in [0.5, 0.6) is 0 Å². The third-order valence-corrected chi connectivity index (χ3v) is 4.18. The van der Waals surface area contributed by atoms with Crippen molar-refractivity contribution in [2.45, 2.75) is 13.8 Å². The van der Waals surface area contributed by atoms with Crippen molar-refractivity contribution >= 4 is 23.2 Å². The highest BCUT2D eigenvalue weighted by Crippen LogP contribution is 2.23. The molecule has 0 heterocycles. The lowest BCUT2D eigenvalue weighted by molar-refractivity contribution is 0.102. The third kappa shape index (κ3) is 3.81. The highest BCUT2D eigenvalue weighted by atomic mass is 16.2. The van der Waals surface area contributed by atoms with Crippen LogP contribution in [0.4, 0.5) is 11.4 Å². The lowest BCUT2D eigenvalue weighted by atomic mass is 10.1. The Labute approximate surface area is 152 Å². The second kappa shape index (κ2) is 7.66. The molecule has 0 radical (unpaired) electrons. The van der Waals surface area contributed by atoms with E-state index in [0.29, 0.717) is 16.8 Å². The highest BCUT2D eigenvalue weighted by Gasteiger charge is 2.15. The van der Waals surface area contributed by atoms with Crippen LogP contribution in [0.1, 0.15) is 31.8 Å². The minimum atomic E-state index is -0.258. The quantitative estimate of drug-likeness (QED) is 0.714. The minimum absolute atomic E-state index is 0.252. The van der Waals surface area contributed by atoms with Crippen molar-refractivity contribution in [3.05, 3.63) is 95.1 Å². The Bertz CT molecular complexity index is 929. The Morgan fingerprint density at radius 1 is 0.654 bits per heavy atom. The van der Waals surface area contributed by atoms with Crippen LogP contribution in [-0.4, -0.2) is 11.8 Å². The zero-order chi connectivity index (χ0) is 18.5. The molecule has 3 aromatic rings. The number of aryl methyl sites for hydroxylation is 2. The van der Waals surface area contributed by atoms with Crippen molar-refractivity contribution in [3.8, 4) is 0 Å². The van der Waals surface area contributed by atoms with Crippen LogP contribution >= 0.6 is 0 Å². The van der Waals surface area contributed by atoms with Crippen LogP contribution in [0.3, 0.4) is 0 Å². The van der Waals surface area contributed by atoms with E-state index in [1.807, 2.05) is 38.1 Å². The molecule has 0 saturated heterocycles. The summed E-state index contributed by atoms with van der Waals surface area (Å²) >= 11 is 0. The summed E-state index contributed by atoms with van der Waals surface area (Å²) in [7, 11) is 0. The van der Waals surface area contributed by atoms with E-state index >= 15 is 0 Å². The molecule has 0 aliphatic rings. The van der Waals surface area contributed by atoms with Gasteiger partial charge in [-0.25, -0.2) is 0 Å². The normalized spacial score (nSPS) is 10.2. The number of benzene rings is 3. The molecule has 26 heavy (non-hydrogen) atoms. The van der Waals surface area contributed by atoms with E-state index in [2.05, 4.69) is 10.6 Å². The number of hydrogen-bond donors (Lipinski definition) is 2. The molecule has 3 rings (SSSR count). The molecular weight excluding hydrogens is 324 g/mol. The maximum atomic E-state index is 12.8. The van der Waals surface area contributed by atoms with E-state index < -0.39 is 0 Å². The monoisotopic (exact) mass is 344 g/mol. The molecule has 0 spiro atoms. The van der Waals surface area contributed by atoms with Crippen molar-refractivity contribution in [2.24, 2.45) is 0 Å². The summed E-state index contributed by atoms with van der Waals surface area (Å²) in [5.74, 6) is -0.510. The van der Waals surface area contributed by atoms with Crippen LogP contribution in [-0.2, 0) is 0 Å². The molecule has 0 saturated carbocycles. The topological polar surface area (TPSA) is 58.2 Å². The summed E-state index contributed by atoms with van der Waals surface area (Å²) in [5, 5.41) is 5.78. The average Bonchev–Trinajstić information content (AvgIpc) is 2.66. The largest absolute Gasteiger partial charge is 0.321 e. The average molecular weight is 344 g/mol. The number of anilines is 2. The summed E-state index contributed by atoms with van der Waals surface area (Å²) in [4.78, 5) is 25.2. The van der Waals surface area contributed by atoms with E-state index in [0.717, 1.165) is 16.8 Å². The SMILES string of the molecule is Cc1cccc(C)c1NC(=O)c1ccccc1NC(=O)c1ccccc1. The van der Waals surface area contributed by atoms with Crippen LogP contribution in [0.25, 0.3) is 0 Å². The second-order valence-corrected chi connectivity index (χ2v) is 6.09.